The van der Waals surface area contributed by atoms with Crippen molar-refractivity contribution < 1.29 is 9.00 Å². The van der Waals surface area contributed by atoms with Crippen molar-refractivity contribution >= 4 is 62.3 Å². The molecular formula is C33H26AsBrO2S. The van der Waals surface area contributed by atoms with E-state index in [0.29, 0.717) is 9.20 Å². The van der Waals surface area contributed by atoms with Crippen LogP contribution in [0.25, 0.3) is 0 Å². The monoisotopic (exact) mass is 640 g/mol. The number of benzene rings is 5. The molecule has 0 amide bonds. The molecule has 0 aliphatic carbocycles. The number of halogens is 1. The summed E-state index contributed by atoms with van der Waals surface area (Å²) in [5.74, 6) is 0.115. The summed E-state index contributed by atoms with van der Waals surface area (Å²) in [6.07, 6.45) is 0. The van der Waals surface area contributed by atoms with E-state index in [1.165, 1.54) is 0 Å². The van der Waals surface area contributed by atoms with Gasteiger partial charge in [-0.1, -0.05) is 0 Å². The van der Waals surface area contributed by atoms with Crippen LogP contribution in [0.5, 0.6) is 0 Å². The van der Waals surface area contributed by atoms with Crippen LogP contribution in [0.4, 0.5) is 0 Å². The average Bonchev–Trinajstić information content (AvgIpc) is 2.98. The summed E-state index contributed by atoms with van der Waals surface area (Å²) in [5, 5.41) is 0. The van der Waals surface area contributed by atoms with E-state index in [9.17, 15) is 9.00 Å². The standard InChI is InChI=1S/C33H26AsBrO2S/c35-31-23-21-27(22-24-31)32(36)33(38(37)25-26-13-5-1-6-14-26)34(28-15-7-2-8-16-28,29-17-9-3-10-18-29)30-19-11-4-12-20-30/h1-24H,25H2. The van der Waals surface area contributed by atoms with Crippen LogP contribution in [0.1, 0.15) is 15.9 Å². The molecule has 38 heavy (non-hydrogen) atoms. The van der Waals surface area contributed by atoms with Crippen molar-refractivity contribution in [1.82, 2.24) is 0 Å². The molecule has 0 aliphatic heterocycles. The van der Waals surface area contributed by atoms with Gasteiger partial charge in [0.2, 0.25) is 0 Å². The average molecular weight is 641 g/mol. The van der Waals surface area contributed by atoms with Gasteiger partial charge in [-0.05, 0) is 0 Å². The van der Waals surface area contributed by atoms with Crippen molar-refractivity contribution in [1.29, 1.82) is 0 Å². The second-order valence-corrected chi connectivity index (χ2v) is 18.8. The molecule has 1 atom stereocenters. The Balaban J connectivity index is 1.95. The van der Waals surface area contributed by atoms with Gasteiger partial charge in [0.15, 0.2) is 0 Å². The molecule has 0 N–H and O–H groups in total. The van der Waals surface area contributed by atoms with E-state index in [-0.39, 0.29) is 11.5 Å². The van der Waals surface area contributed by atoms with Gasteiger partial charge in [0.25, 0.3) is 0 Å². The molecular weight excluding hydrogens is 615 g/mol. The van der Waals surface area contributed by atoms with Gasteiger partial charge in [0, 0.05) is 0 Å². The summed E-state index contributed by atoms with van der Waals surface area (Å²) in [5.41, 5.74) is 1.48. The van der Waals surface area contributed by atoms with E-state index in [2.05, 4.69) is 52.3 Å². The number of ketones is 1. The fourth-order valence-corrected chi connectivity index (χ4v) is 18.3. The van der Waals surface area contributed by atoms with Crippen molar-refractivity contribution in [3.63, 3.8) is 0 Å². The van der Waals surface area contributed by atoms with Crippen molar-refractivity contribution in [2.45, 2.75) is 5.75 Å². The fourth-order valence-electron chi connectivity index (χ4n) is 4.68. The van der Waals surface area contributed by atoms with Crippen LogP contribution in [-0.4, -0.2) is 26.7 Å². The van der Waals surface area contributed by atoms with Crippen LogP contribution in [-0.2, 0) is 16.6 Å². The van der Waals surface area contributed by atoms with Crippen molar-refractivity contribution in [3.8, 4) is 0 Å². The second-order valence-electron chi connectivity index (χ2n) is 8.79. The molecule has 0 fully saturated rings. The van der Waals surface area contributed by atoms with Crippen molar-refractivity contribution in [3.05, 3.63) is 161 Å². The Morgan fingerprint density at radius 3 is 1.39 bits per heavy atom. The van der Waals surface area contributed by atoms with E-state index in [1.54, 1.807) is 0 Å². The SMILES string of the molecule is O=C(C(S(=O)Cc1ccccc1)=[As](c1ccccc1)(c1ccccc1)c1ccccc1)c1ccc(Br)cc1. The number of rotatable bonds is 8. The number of hydrogen-bond donors (Lipinski definition) is 0. The van der Waals surface area contributed by atoms with Gasteiger partial charge in [-0.15, -0.1) is 0 Å². The number of carbonyl (C=O) groups excluding carboxylic acids is 1. The van der Waals surface area contributed by atoms with Gasteiger partial charge >= 0.3 is 238 Å². The molecule has 0 heterocycles. The van der Waals surface area contributed by atoms with Crippen LogP contribution in [0, 0.1) is 0 Å². The third-order valence-corrected chi connectivity index (χ3v) is 19.3. The Morgan fingerprint density at radius 1 is 0.579 bits per heavy atom. The Bertz CT molecular complexity index is 1500. The zero-order valence-electron chi connectivity index (χ0n) is 20.6. The van der Waals surface area contributed by atoms with Gasteiger partial charge in [-0.2, -0.15) is 0 Å². The van der Waals surface area contributed by atoms with Gasteiger partial charge in [-0.25, -0.2) is 0 Å². The molecule has 0 aromatic heterocycles. The minimum atomic E-state index is -3.80. The predicted octanol–water partition coefficient (Wildman–Crippen LogP) is 5.46. The second kappa shape index (κ2) is 12.1. The molecule has 0 saturated heterocycles. The van der Waals surface area contributed by atoms with Crippen molar-refractivity contribution in [2.24, 2.45) is 0 Å². The van der Waals surface area contributed by atoms with Crippen LogP contribution in [0.3, 0.4) is 0 Å². The first-order valence-corrected chi connectivity index (χ1v) is 18.1. The zero-order chi connectivity index (χ0) is 26.4. The molecule has 5 rings (SSSR count). The maximum absolute atomic E-state index is 14.7. The molecule has 188 valence electrons. The molecule has 0 bridgehead atoms. The first kappa shape index (κ1) is 26.4. The number of carbonyl (C=O) groups is 1. The minimum absolute atomic E-state index is 0.157. The first-order valence-electron chi connectivity index (χ1n) is 12.3. The Morgan fingerprint density at radius 2 is 0.974 bits per heavy atom. The van der Waals surface area contributed by atoms with E-state index >= 15 is 0 Å². The summed E-state index contributed by atoms with van der Waals surface area (Å²) in [4.78, 5) is 14.7. The molecule has 5 aromatic carbocycles. The van der Waals surface area contributed by atoms with Gasteiger partial charge < -0.3 is 0 Å². The molecule has 5 aromatic rings. The van der Waals surface area contributed by atoms with E-state index < -0.39 is 23.9 Å². The summed E-state index contributed by atoms with van der Waals surface area (Å²) >= 11 is -0.309. The molecule has 5 heteroatoms. The topological polar surface area (TPSA) is 34.1 Å². The van der Waals surface area contributed by atoms with Gasteiger partial charge in [0.05, 0.1) is 0 Å². The molecule has 0 spiro atoms. The van der Waals surface area contributed by atoms with Gasteiger partial charge in [0.1, 0.15) is 0 Å². The van der Waals surface area contributed by atoms with E-state index in [0.717, 1.165) is 23.1 Å². The molecule has 0 radical (unpaired) electrons. The van der Waals surface area contributed by atoms with Crippen LogP contribution < -0.4 is 13.1 Å². The summed E-state index contributed by atoms with van der Waals surface area (Å²) in [7, 11) is -1.58. The number of hydrogen-bond acceptors (Lipinski definition) is 2. The third-order valence-electron chi connectivity index (χ3n) is 6.39. The van der Waals surface area contributed by atoms with Crippen LogP contribution >= 0.6 is 15.9 Å². The summed E-state index contributed by atoms with van der Waals surface area (Å²) in [6.45, 7) is 0. The molecule has 0 aliphatic rings. The fraction of sp³-hybridized carbons (Fsp3) is 0.0303. The maximum atomic E-state index is 14.7. The first-order chi connectivity index (χ1) is 18.6. The third kappa shape index (κ3) is 5.35. The Labute approximate surface area is 237 Å². The van der Waals surface area contributed by atoms with E-state index in [4.69, 9.17) is 0 Å². The van der Waals surface area contributed by atoms with E-state index in [1.807, 2.05) is 109 Å². The van der Waals surface area contributed by atoms with Crippen LogP contribution in [0.15, 0.2) is 150 Å². The predicted molar refractivity (Wildman–Crippen MR) is 166 cm³/mol. The quantitative estimate of drug-likeness (QED) is 0.167. The summed E-state index contributed by atoms with van der Waals surface area (Å²) < 4.78 is 19.2. The van der Waals surface area contributed by atoms with Gasteiger partial charge in [-0.3, -0.25) is 0 Å². The van der Waals surface area contributed by atoms with Crippen LogP contribution in [0.2, 0.25) is 0 Å². The summed E-state index contributed by atoms with van der Waals surface area (Å²) in [6, 6.07) is 47.8. The molecule has 0 saturated carbocycles. The Kier molecular flexibility index (Phi) is 8.44. The molecule has 1 unspecified atom stereocenters. The zero-order valence-corrected chi connectivity index (χ0v) is 24.9. The van der Waals surface area contributed by atoms with Crippen molar-refractivity contribution in [2.75, 3.05) is 0 Å². The number of Topliss-reactive ketones (excluding diaryl/α,β-unsaturated/α-hetero) is 1. The Hall–Kier alpha value is -3.17. The normalized spacial score (nSPS) is 12.0. The molecule has 2 nitrogen and oxygen atoms in total.